The van der Waals surface area contributed by atoms with E-state index in [1.54, 1.807) is 4.90 Å². The Labute approximate surface area is 102 Å². The van der Waals surface area contributed by atoms with Crippen LogP contribution in [0, 0.1) is 0 Å². The summed E-state index contributed by atoms with van der Waals surface area (Å²) in [5, 5.41) is 3.23. The lowest BCUT2D eigenvalue weighted by Gasteiger charge is -2.15. The van der Waals surface area contributed by atoms with Crippen LogP contribution in [0.5, 0.6) is 0 Å². The molecule has 0 radical (unpaired) electrons. The number of carbonyl (C=O) groups excluding carboxylic acids is 1. The topological polar surface area (TPSA) is 58.4 Å². The monoisotopic (exact) mass is 233 g/mol. The van der Waals surface area contributed by atoms with Gasteiger partial charge in [-0.05, 0) is 23.7 Å². The van der Waals surface area contributed by atoms with E-state index in [1.807, 2.05) is 19.2 Å². The SMILES string of the molecule is CCNCC(N)c1ccc2c(c1)CC(=O)N2C. The number of amides is 1. The molecule has 1 amide bonds. The molecular weight excluding hydrogens is 214 g/mol. The summed E-state index contributed by atoms with van der Waals surface area (Å²) in [6, 6.07) is 6.04. The van der Waals surface area contributed by atoms with Crippen molar-refractivity contribution in [2.24, 2.45) is 5.73 Å². The Hall–Kier alpha value is -1.39. The van der Waals surface area contributed by atoms with Crippen LogP contribution in [-0.4, -0.2) is 26.0 Å². The minimum absolute atomic E-state index is 0.0127. The van der Waals surface area contributed by atoms with Crippen LogP contribution in [-0.2, 0) is 11.2 Å². The largest absolute Gasteiger partial charge is 0.323 e. The third-order valence-electron chi connectivity index (χ3n) is 3.22. The minimum atomic E-state index is -0.0127. The first kappa shape index (κ1) is 12.1. The smallest absolute Gasteiger partial charge is 0.231 e. The Balaban J connectivity index is 2.18. The van der Waals surface area contributed by atoms with Crippen molar-refractivity contribution in [3.63, 3.8) is 0 Å². The molecule has 1 unspecified atom stereocenters. The molecule has 4 nitrogen and oxygen atoms in total. The van der Waals surface area contributed by atoms with Crippen molar-refractivity contribution in [1.82, 2.24) is 5.32 Å². The Morgan fingerprint density at radius 2 is 2.29 bits per heavy atom. The molecule has 1 atom stereocenters. The fourth-order valence-electron chi connectivity index (χ4n) is 2.14. The number of benzene rings is 1. The van der Waals surface area contributed by atoms with Crippen LogP contribution in [0.25, 0.3) is 0 Å². The van der Waals surface area contributed by atoms with Gasteiger partial charge >= 0.3 is 0 Å². The van der Waals surface area contributed by atoms with E-state index in [9.17, 15) is 4.79 Å². The summed E-state index contributed by atoms with van der Waals surface area (Å²) < 4.78 is 0. The van der Waals surface area contributed by atoms with Crippen LogP contribution in [0.15, 0.2) is 18.2 Å². The van der Waals surface area contributed by atoms with E-state index in [0.717, 1.165) is 29.9 Å². The molecule has 1 heterocycles. The first-order chi connectivity index (χ1) is 8.13. The summed E-state index contributed by atoms with van der Waals surface area (Å²) >= 11 is 0. The Bertz CT molecular complexity index is 431. The third-order valence-corrected chi connectivity index (χ3v) is 3.22. The molecule has 0 aliphatic carbocycles. The second kappa shape index (κ2) is 4.85. The first-order valence-corrected chi connectivity index (χ1v) is 5.99. The van der Waals surface area contributed by atoms with E-state index in [4.69, 9.17) is 5.73 Å². The Morgan fingerprint density at radius 3 is 3.00 bits per heavy atom. The molecule has 1 aliphatic heterocycles. The molecule has 92 valence electrons. The standard InChI is InChI=1S/C13H19N3O/c1-3-15-8-11(14)9-4-5-12-10(6-9)7-13(17)16(12)2/h4-6,11,15H,3,7-8,14H2,1-2H3. The Morgan fingerprint density at radius 1 is 1.53 bits per heavy atom. The maximum atomic E-state index is 11.6. The number of nitrogens with one attached hydrogen (secondary N) is 1. The lowest BCUT2D eigenvalue weighted by atomic mass is 10.0. The number of rotatable bonds is 4. The highest BCUT2D eigenvalue weighted by atomic mass is 16.2. The van der Waals surface area contributed by atoms with Crippen molar-refractivity contribution in [2.75, 3.05) is 25.0 Å². The zero-order chi connectivity index (χ0) is 12.4. The number of hydrogen-bond donors (Lipinski definition) is 2. The molecule has 0 saturated heterocycles. The van der Waals surface area contributed by atoms with Crippen molar-refractivity contribution in [3.05, 3.63) is 29.3 Å². The highest BCUT2D eigenvalue weighted by Gasteiger charge is 2.24. The van der Waals surface area contributed by atoms with E-state index < -0.39 is 0 Å². The highest BCUT2D eigenvalue weighted by molar-refractivity contribution is 6.00. The van der Waals surface area contributed by atoms with E-state index in [0.29, 0.717) is 6.42 Å². The van der Waals surface area contributed by atoms with Crippen molar-refractivity contribution >= 4 is 11.6 Å². The van der Waals surface area contributed by atoms with Crippen molar-refractivity contribution in [2.45, 2.75) is 19.4 Å². The van der Waals surface area contributed by atoms with Crippen LogP contribution in [0.4, 0.5) is 5.69 Å². The van der Waals surface area contributed by atoms with Crippen LogP contribution >= 0.6 is 0 Å². The number of fused-ring (bicyclic) bond motifs is 1. The number of nitrogens with zero attached hydrogens (tertiary/aromatic N) is 1. The van der Waals surface area contributed by atoms with Crippen LogP contribution < -0.4 is 16.0 Å². The molecule has 1 aromatic rings. The number of carbonyl (C=O) groups is 1. The van der Waals surface area contributed by atoms with Gasteiger partial charge in [0.05, 0.1) is 6.42 Å². The van der Waals surface area contributed by atoms with Crippen molar-refractivity contribution in [3.8, 4) is 0 Å². The van der Waals surface area contributed by atoms with E-state index in [-0.39, 0.29) is 11.9 Å². The van der Waals surface area contributed by atoms with Gasteiger partial charge in [-0.15, -0.1) is 0 Å². The van der Waals surface area contributed by atoms with Gasteiger partial charge in [0.2, 0.25) is 5.91 Å². The molecule has 0 spiro atoms. The summed E-state index contributed by atoms with van der Waals surface area (Å²) in [4.78, 5) is 13.3. The second-order valence-corrected chi connectivity index (χ2v) is 4.43. The van der Waals surface area contributed by atoms with E-state index >= 15 is 0 Å². The highest BCUT2D eigenvalue weighted by Crippen LogP contribution is 2.29. The molecule has 17 heavy (non-hydrogen) atoms. The van der Waals surface area contributed by atoms with Crippen LogP contribution in [0.2, 0.25) is 0 Å². The van der Waals surface area contributed by atoms with Gasteiger partial charge in [0.1, 0.15) is 0 Å². The molecule has 0 bridgehead atoms. The summed E-state index contributed by atoms with van der Waals surface area (Å²) in [5.74, 6) is 0.150. The lowest BCUT2D eigenvalue weighted by molar-refractivity contribution is -0.117. The maximum Gasteiger partial charge on any atom is 0.231 e. The zero-order valence-electron chi connectivity index (χ0n) is 10.4. The molecule has 0 aromatic heterocycles. The molecule has 2 rings (SSSR count). The average molecular weight is 233 g/mol. The number of anilines is 1. The molecule has 0 saturated carbocycles. The fourth-order valence-corrected chi connectivity index (χ4v) is 2.14. The summed E-state index contributed by atoms with van der Waals surface area (Å²) in [7, 11) is 1.81. The van der Waals surface area contributed by atoms with Crippen molar-refractivity contribution < 1.29 is 4.79 Å². The number of hydrogen-bond acceptors (Lipinski definition) is 3. The van der Waals surface area contributed by atoms with Gasteiger partial charge in [-0.1, -0.05) is 19.1 Å². The third kappa shape index (κ3) is 2.33. The number of nitrogens with two attached hydrogens (primary N) is 1. The zero-order valence-corrected chi connectivity index (χ0v) is 10.4. The molecular formula is C13H19N3O. The molecule has 4 heteroatoms. The summed E-state index contributed by atoms with van der Waals surface area (Å²) in [6.45, 7) is 3.74. The lowest BCUT2D eigenvalue weighted by Crippen LogP contribution is -2.26. The van der Waals surface area contributed by atoms with E-state index in [1.165, 1.54) is 0 Å². The van der Waals surface area contributed by atoms with Gasteiger partial charge in [0.15, 0.2) is 0 Å². The minimum Gasteiger partial charge on any atom is -0.323 e. The fraction of sp³-hybridized carbons (Fsp3) is 0.462. The molecule has 0 fully saturated rings. The predicted molar refractivity (Wildman–Crippen MR) is 69.0 cm³/mol. The second-order valence-electron chi connectivity index (χ2n) is 4.43. The molecule has 1 aliphatic rings. The van der Waals surface area contributed by atoms with Crippen molar-refractivity contribution in [1.29, 1.82) is 0 Å². The normalized spacial score (nSPS) is 16.2. The predicted octanol–water partition coefficient (Wildman–Crippen LogP) is 0.815. The number of likely N-dealkylation sites (N-methyl/N-ethyl adjacent to an activating group) is 2. The maximum absolute atomic E-state index is 11.6. The first-order valence-electron chi connectivity index (χ1n) is 5.99. The average Bonchev–Trinajstić information content (AvgIpc) is 2.61. The van der Waals surface area contributed by atoms with Crippen LogP contribution in [0.1, 0.15) is 24.1 Å². The molecule has 1 aromatic carbocycles. The van der Waals surface area contributed by atoms with Crippen LogP contribution in [0.3, 0.4) is 0 Å². The van der Waals surface area contributed by atoms with Gasteiger partial charge in [-0.2, -0.15) is 0 Å². The summed E-state index contributed by atoms with van der Waals surface area (Å²) in [6.07, 6.45) is 0.494. The van der Waals surface area contributed by atoms with E-state index in [2.05, 4.69) is 18.3 Å². The summed E-state index contributed by atoms with van der Waals surface area (Å²) in [5.41, 5.74) is 9.27. The van der Waals surface area contributed by atoms with Gasteiger partial charge in [-0.25, -0.2) is 0 Å². The van der Waals surface area contributed by atoms with Gasteiger partial charge < -0.3 is 16.0 Å². The molecule has 3 N–H and O–H groups in total. The van der Waals surface area contributed by atoms with Gasteiger partial charge in [0, 0.05) is 25.3 Å². The Kier molecular flexibility index (Phi) is 3.45. The quantitative estimate of drug-likeness (QED) is 0.809. The van der Waals surface area contributed by atoms with Gasteiger partial charge in [-0.3, -0.25) is 4.79 Å². The van der Waals surface area contributed by atoms with Gasteiger partial charge in [0.25, 0.3) is 0 Å².